The smallest absolute Gasteiger partial charge is 0.319 e. The SMILES string of the molecule is C[C@H](NC(=O)Nc1ccc2c(c1)CCC2)[C@H]1C[C@H]2CC[C@H]1C2. The third-order valence-electron chi connectivity index (χ3n) is 6.15. The summed E-state index contributed by atoms with van der Waals surface area (Å²) in [6.07, 6.45) is 9.06. The first-order chi connectivity index (χ1) is 10.7. The molecule has 2 amide bonds. The predicted octanol–water partition coefficient (Wildman–Crippen LogP) is 4.12. The van der Waals surface area contributed by atoms with E-state index in [1.54, 1.807) is 0 Å². The molecule has 2 saturated carbocycles. The Kier molecular flexibility index (Phi) is 3.59. The molecule has 2 N–H and O–H groups in total. The van der Waals surface area contributed by atoms with Crippen LogP contribution in [0, 0.1) is 17.8 Å². The molecule has 3 heteroatoms. The van der Waals surface area contributed by atoms with Crippen molar-refractivity contribution < 1.29 is 4.79 Å². The second-order valence-corrected chi connectivity index (χ2v) is 7.56. The molecule has 0 spiro atoms. The van der Waals surface area contributed by atoms with E-state index < -0.39 is 0 Å². The van der Waals surface area contributed by atoms with Gasteiger partial charge < -0.3 is 10.6 Å². The minimum Gasteiger partial charge on any atom is -0.335 e. The number of hydrogen-bond donors (Lipinski definition) is 2. The lowest BCUT2D eigenvalue weighted by Gasteiger charge is -2.28. The first-order valence-corrected chi connectivity index (χ1v) is 8.88. The zero-order valence-electron chi connectivity index (χ0n) is 13.4. The quantitative estimate of drug-likeness (QED) is 0.866. The molecule has 1 aromatic rings. The lowest BCUT2D eigenvalue weighted by atomic mass is 9.84. The molecule has 0 heterocycles. The molecular formula is C19H26N2O. The normalized spacial score (nSPS) is 30.1. The van der Waals surface area contributed by atoms with Gasteiger partial charge in [0.05, 0.1) is 0 Å². The van der Waals surface area contributed by atoms with E-state index in [1.807, 2.05) is 6.07 Å². The number of hydrogen-bond acceptors (Lipinski definition) is 1. The predicted molar refractivity (Wildman–Crippen MR) is 89.0 cm³/mol. The Morgan fingerprint density at radius 2 is 2.05 bits per heavy atom. The fraction of sp³-hybridized carbons (Fsp3) is 0.632. The van der Waals surface area contributed by atoms with Gasteiger partial charge in [0.1, 0.15) is 0 Å². The Labute approximate surface area is 132 Å². The molecule has 2 fully saturated rings. The van der Waals surface area contributed by atoms with Gasteiger partial charge in [-0.15, -0.1) is 0 Å². The second kappa shape index (κ2) is 5.60. The van der Waals surface area contributed by atoms with Gasteiger partial charge >= 0.3 is 6.03 Å². The first-order valence-electron chi connectivity index (χ1n) is 8.88. The summed E-state index contributed by atoms with van der Waals surface area (Å²) in [6, 6.07) is 6.57. The summed E-state index contributed by atoms with van der Waals surface area (Å²) in [5, 5.41) is 6.19. The molecule has 3 aliphatic rings. The van der Waals surface area contributed by atoms with Crippen LogP contribution in [0.15, 0.2) is 18.2 Å². The van der Waals surface area contributed by atoms with Gasteiger partial charge in [-0.1, -0.05) is 12.5 Å². The fourth-order valence-electron chi connectivity index (χ4n) is 5.04. The number of aryl methyl sites for hydroxylation is 2. The van der Waals surface area contributed by atoms with E-state index in [0.29, 0.717) is 5.92 Å². The first kappa shape index (κ1) is 14.1. The zero-order chi connectivity index (χ0) is 15.1. The van der Waals surface area contributed by atoms with Crippen LogP contribution in [0.2, 0.25) is 0 Å². The van der Waals surface area contributed by atoms with E-state index in [2.05, 4.69) is 29.7 Å². The van der Waals surface area contributed by atoms with Gasteiger partial charge in [0.15, 0.2) is 0 Å². The number of anilines is 1. The Balaban J connectivity index is 1.34. The molecule has 0 radical (unpaired) electrons. The van der Waals surface area contributed by atoms with Crippen LogP contribution in [0.5, 0.6) is 0 Å². The van der Waals surface area contributed by atoms with Gasteiger partial charge in [-0.3, -0.25) is 0 Å². The van der Waals surface area contributed by atoms with E-state index in [9.17, 15) is 4.79 Å². The lowest BCUT2D eigenvalue weighted by molar-refractivity contribution is 0.230. The van der Waals surface area contributed by atoms with Gasteiger partial charge in [0, 0.05) is 11.7 Å². The third kappa shape index (κ3) is 2.62. The number of nitrogens with one attached hydrogen (secondary N) is 2. The molecule has 2 bridgehead atoms. The van der Waals surface area contributed by atoms with E-state index in [4.69, 9.17) is 0 Å². The summed E-state index contributed by atoms with van der Waals surface area (Å²) in [7, 11) is 0. The Morgan fingerprint density at radius 3 is 2.82 bits per heavy atom. The number of carbonyl (C=O) groups is 1. The van der Waals surface area contributed by atoms with Crippen LogP contribution in [0.3, 0.4) is 0 Å². The van der Waals surface area contributed by atoms with Crippen molar-refractivity contribution in [2.75, 3.05) is 5.32 Å². The molecule has 0 unspecified atom stereocenters. The maximum Gasteiger partial charge on any atom is 0.319 e. The summed E-state index contributed by atoms with van der Waals surface area (Å²) in [5.74, 6) is 2.46. The summed E-state index contributed by atoms with van der Waals surface area (Å²) in [6.45, 7) is 2.17. The summed E-state index contributed by atoms with van der Waals surface area (Å²) < 4.78 is 0. The standard InChI is InChI=1S/C19H26N2O/c1-12(18-10-13-5-6-16(18)9-13)20-19(22)21-17-8-7-14-3-2-4-15(14)11-17/h7-8,11-13,16,18H,2-6,9-10H2,1H3,(H2,20,21,22)/t12-,13-,16-,18+/m0/s1. The topological polar surface area (TPSA) is 41.1 Å². The van der Waals surface area contributed by atoms with Crippen molar-refractivity contribution in [3.63, 3.8) is 0 Å². The Bertz CT molecular complexity index is 583. The number of benzene rings is 1. The van der Waals surface area contributed by atoms with Crippen molar-refractivity contribution in [1.82, 2.24) is 5.32 Å². The van der Waals surface area contributed by atoms with Crippen LogP contribution < -0.4 is 10.6 Å². The molecule has 4 atom stereocenters. The van der Waals surface area contributed by atoms with Crippen molar-refractivity contribution in [3.05, 3.63) is 29.3 Å². The number of carbonyl (C=O) groups excluding carboxylic acids is 1. The monoisotopic (exact) mass is 298 g/mol. The highest BCUT2D eigenvalue weighted by Crippen LogP contribution is 2.49. The van der Waals surface area contributed by atoms with Crippen LogP contribution in [0.25, 0.3) is 0 Å². The average Bonchev–Trinajstić information content (AvgIpc) is 3.22. The number of fused-ring (bicyclic) bond motifs is 3. The van der Waals surface area contributed by atoms with Crippen LogP contribution in [0.1, 0.15) is 50.2 Å². The van der Waals surface area contributed by atoms with E-state index in [-0.39, 0.29) is 12.1 Å². The molecule has 0 saturated heterocycles. The highest BCUT2D eigenvalue weighted by molar-refractivity contribution is 5.89. The van der Waals surface area contributed by atoms with Gasteiger partial charge in [0.25, 0.3) is 0 Å². The lowest BCUT2D eigenvalue weighted by Crippen LogP contribution is -2.42. The minimum absolute atomic E-state index is 0.0479. The molecule has 118 valence electrons. The van der Waals surface area contributed by atoms with Gasteiger partial charge in [0.2, 0.25) is 0 Å². The van der Waals surface area contributed by atoms with Crippen molar-refractivity contribution in [3.8, 4) is 0 Å². The molecule has 22 heavy (non-hydrogen) atoms. The highest BCUT2D eigenvalue weighted by atomic mass is 16.2. The maximum absolute atomic E-state index is 12.3. The van der Waals surface area contributed by atoms with E-state index in [1.165, 1.54) is 49.7 Å². The fourth-order valence-corrected chi connectivity index (χ4v) is 5.04. The zero-order valence-corrected chi connectivity index (χ0v) is 13.4. The minimum atomic E-state index is -0.0479. The molecule has 3 nitrogen and oxygen atoms in total. The van der Waals surface area contributed by atoms with Crippen molar-refractivity contribution in [2.24, 2.45) is 17.8 Å². The summed E-state index contributed by atoms with van der Waals surface area (Å²) in [4.78, 5) is 12.3. The molecule has 1 aromatic carbocycles. The maximum atomic E-state index is 12.3. The highest BCUT2D eigenvalue weighted by Gasteiger charge is 2.42. The average molecular weight is 298 g/mol. The largest absolute Gasteiger partial charge is 0.335 e. The summed E-state index contributed by atoms with van der Waals surface area (Å²) >= 11 is 0. The van der Waals surface area contributed by atoms with Crippen molar-refractivity contribution >= 4 is 11.7 Å². The second-order valence-electron chi connectivity index (χ2n) is 7.56. The number of rotatable bonds is 3. The molecule has 4 rings (SSSR count). The van der Waals surface area contributed by atoms with Gasteiger partial charge in [-0.25, -0.2) is 4.79 Å². The molecule has 3 aliphatic carbocycles. The molecule has 0 aromatic heterocycles. The van der Waals surface area contributed by atoms with Crippen molar-refractivity contribution in [1.29, 1.82) is 0 Å². The van der Waals surface area contributed by atoms with Crippen LogP contribution >= 0.6 is 0 Å². The summed E-state index contributed by atoms with van der Waals surface area (Å²) in [5.41, 5.74) is 3.78. The van der Waals surface area contributed by atoms with E-state index in [0.717, 1.165) is 23.9 Å². The van der Waals surface area contributed by atoms with Crippen LogP contribution in [-0.4, -0.2) is 12.1 Å². The molecular weight excluding hydrogens is 272 g/mol. The molecule has 0 aliphatic heterocycles. The van der Waals surface area contributed by atoms with Crippen LogP contribution in [-0.2, 0) is 12.8 Å². The Hall–Kier alpha value is -1.51. The van der Waals surface area contributed by atoms with Gasteiger partial charge in [-0.05, 0) is 86.5 Å². The Morgan fingerprint density at radius 1 is 1.18 bits per heavy atom. The van der Waals surface area contributed by atoms with Crippen LogP contribution in [0.4, 0.5) is 10.5 Å². The number of amides is 2. The van der Waals surface area contributed by atoms with E-state index >= 15 is 0 Å². The van der Waals surface area contributed by atoms with Gasteiger partial charge in [-0.2, -0.15) is 0 Å². The number of urea groups is 1. The third-order valence-corrected chi connectivity index (χ3v) is 6.15. The van der Waals surface area contributed by atoms with Crippen molar-refractivity contribution in [2.45, 2.75) is 57.9 Å².